The third-order valence-corrected chi connectivity index (χ3v) is 4.42. The molecule has 7 heteroatoms. The minimum absolute atomic E-state index is 0.0241. The fourth-order valence-electron chi connectivity index (χ4n) is 2.93. The largest absolute Gasteiger partial charge is 0.507 e. The summed E-state index contributed by atoms with van der Waals surface area (Å²) in [7, 11) is 1.61. The number of nitrogens with one attached hydrogen (secondary N) is 1. The molecule has 0 bridgehead atoms. The third-order valence-electron chi connectivity index (χ3n) is 4.42. The molecule has 0 spiro atoms. The quantitative estimate of drug-likeness (QED) is 0.857. The summed E-state index contributed by atoms with van der Waals surface area (Å²) in [6, 6.07) is 8.86. The van der Waals surface area contributed by atoms with Gasteiger partial charge in [0.2, 0.25) is 5.91 Å². The summed E-state index contributed by atoms with van der Waals surface area (Å²) < 4.78 is 1.87. The van der Waals surface area contributed by atoms with Crippen molar-refractivity contribution in [2.24, 2.45) is 0 Å². The molecule has 7 nitrogen and oxygen atoms in total. The van der Waals surface area contributed by atoms with Gasteiger partial charge in [-0.3, -0.25) is 14.5 Å². The maximum Gasteiger partial charge on any atom is 0.257 e. The van der Waals surface area contributed by atoms with Crippen molar-refractivity contribution in [2.75, 3.05) is 39.8 Å². The summed E-state index contributed by atoms with van der Waals surface area (Å²) >= 11 is 0. The summed E-state index contributed by atoms with van der Waals surface area (Å²) in [5, 5.41) is 12.9. The van der Waals surface area contributed by atoms with E-state index in [1.165, 1.54) is 0 Å². The van der Waals surface area contributed by atoms with Crippen molar-refractivity contribution in [3.05, 3.63) is 48.3 Å². The molecular weight excluding hydrogens is 320 g/mol. The van der Waals surface area contributed by atoms with E-state index in [9.17, 15) is 14.7 Å². The monoisotopic (exact) mass is 342 g/mol. The van der Waals surface area contributed by atoms with E-state index in [2.05, 4.69) is 5.32 Å². The van der Waals surface area contributed by atoms with E-state index in [4.69, 9.17) is 0 Å². The van der Waals surface area contributed by atoms with E-state index in [1.54, 1.807) is 24.1 Å². The second kappa shape index (κ2) is 7.40. The van der Waals surface area contributed by atoms with Gasteiger partial charge >= 0.3 is 0 Å². The van der Waals surface area contributed by atoms with Crippen LogP contribution in [0.2, 0.25) is 0 Å². The maximum absolute atomic E-state index is 12.7. The summed E-state index contributed by atoms with van der Waals surface area (Å²) in [6.07, 6.45) is 3.75. The molecule has 1 fully saturated rings. The van der Waals surface area contributed by atoms with Gasteiger partial charge in [-0.05, 0) is 24.3 Å². The molecule has 1 saturated heterocycles. The maximum atomic E-state index is 12.7. The van der Waals surface area contributed by atoms with Crippen LogP contribution >= 0.6 is 0 Å². The van der Waals surface area contributed by atoms with E-state index in [1.807, 2.05) is 40.1 Å². The second-order valence-electron chi connectivity index (χ2n) is 6.03. The van der Waals surface area contributed by atoms with Crippen LogP contribution in [0.25, 0.3) is 5.69 Å². The number of piperazine rings is 1. The topological polar surface area (TPSA) is 77.8 Å². The van der Waals surface area contributed by atoms with Crippen LogP contribution in [0.4, 0.5) is 0 Å². The Hall–Kier alpha value is -2.80. The second-order valence-corrected chi connectivity index (χ2v) is 6.03. The average molecular weight is 342 g/mol. The van der Waals surface area contributed by atoms with Crippen LogP contribution in [0.3, 0.4) is 0 Å². The molecule has 0 unspecified atom stereocenters. The van der Waals surface area contributed by atoms with Crippen molar-refractivity contribution in [1.82, 2.24) is 19.7 Å². The lowest BCUT2D eigenvalue weighted by Crippen LogP contribution is -2.50. The van der Waals surface area contributed by atoms with Crippen molar-refractivity contribution in [3.8, 4) is 11.4 Å². The summed E-state index contributed by atoms with van der Waals surface area (Å²) in [4.78, 5) is 27.8. The van der Waals surface area contributed by atoms with E-state index in [0.29, 0.717) is 38.3 Å². The molecule has 0 atom stereocenters. The molecule has 2 N–H and O–H groups in total. The Bertz CT molecular complexity index is 750. The van der Waals surface area contributed by atoms with Gasteiger partial charge in [0.25, 0.3) is 5.91 Å². The number of nitrogens with zero attached hydrogens (tertiary/aromatic N) is 3. The number of aromatic hydroxyl groups is 1. The van der Waals surface area contributed by atoms with Crippen molar-refractivity contribution in [2.45, 2.75) is 0 Å². The van der Waals surface area contributed by atoms with Gasteiger partial charge in [0.05, 0.1) is 12.1 Å². The third kappa shape index (κ3) is 3.83. The highest BCUT2D eigenvalue weighted by molar-refractivity contribution is 5.97. The van der Waals surface area contributed by atoms with Gasteiger partial charge in [0, 0.05) is 57.4 Å². The SMILES string of the molecule is CNC(=O)CN1CCN(C(=O)c2ccc(-n3cccc3)cc2O)CC1. The Morgan fingerprint density at radius 2 is 1.80 bits per heavy atom. The number of hydrogen-bond acceptors (Lipinski definition) is 4. The summed E-state index contributed by atoms with van der Waals surface area (Å²) in [5.41, 5.74) is 1.10. The highest BCUT2D eigenvalue weighted by Crippen LogP contribution is 2.23. The van der Waals surface area contributed by atoms with Crippen LogP contribution in [0.15, 0.2) is 42.7 Å². The number of carbonyl (C=O) groups excluding carboxylic acids is 2. The van der Waals surface area contributed by atoms with Gasteiger partial charge in [0.15, 0.2) is 0 Å². The number of aromatic nitrogens is 1. The molecule has 0 radical (unpaired) electrons. The smallest absolute Gasteiger partial charge is 0.257 e. The number of hydrogen-bond donors (Lipinski definition) is 2. The normalized spacial score (nSPS) is 15.2. The van der Waals surface area contributed by atoms with E-state index < -0.39 is 0 Å². The Morgan fingerprint density at radius 1 is 1.12 bits per heavy atom. The molecule has 2 heterocycles. The van der Waals surface area contributed by atoms with Crippen LogP contribution in [0.5, 0.6) is 5.75 Å². The van der Waals surface area contributed by atoms with Gasteiger partial charge in [-0.2, -0.15) is 0 Å². The van der Waals surface area contributed by atoms with Crippen LogP contribution in [-0.4, -0.2) is 71.1 Å². The fourth-order valence-corrected chi connectivity index (χ4v) is 2.93. The molecule has 0 aliphatic carbocycles. The molecule has 25 heavy (non-hydrogen) atoms. The lowest BCUT2D eigenvalue weighted by atomic mass is 10.1. The van der Waals surface area contributed by atoms with Gasteiger partial charge in [-0.15, -0.1) is 0 Å². The van der Waals surface area contributed by atoms with Gasteiger partial charge in [-0.25, -0.2) is 0 Å². The lowest BCUT2D eigenvalue weighted by Gasteiger charge is -2.34. The Labute approximate surface area is 146 Å². The van der Waals surface area contributed by atoms with E-state index in [0.717, 1.165) is 5.69 Å². The molecule has 2 aromatic rings. The van der Waals surface area contributed by atoms with Gasteiger partial charge in [0.1, 0.15) is 5.75 Å². The standard InChI is InChI=1S/C18H22N4O3/c1-19-17(24)13-20-8-10-22(11-9-20)18(25)15-5-4-14(12-16(15)23)21-6-2-3-7-21/h2-7,12,23H,8-11,13H2,1H3,(H,19,24). The first kappa shape index (κ1) is 17.0. The van der Waals surface area contributed by atoms with Crippen LogP contribution in [0, 0.1) is 0 Å². The molecular formula is C18H22N4O3. The number of likely N-dealkylation sites (N-methyl/N-ethyl adjacent to an activating group) is 1. The Kier molecular flexibility index (Phi) is 5.04. The predicted molar refractivity (Wildman–Crippen MR) is 93.8 cm³/mol. The Morgan fingerprint density at radius 3 is 2.40 bits per heavy atom. The number of rotatable bonds is 4. The highest BCUT2D eigenvalue weighted by Gasteiger charge is 2.24. The minimum atomic E-state index is -0.184. The molecule has 1 aromatic heterocycles. The van der Waals surface area contributed by atoms with E-state index >= 15 is 0 Å². The average Bonchev–Trinajstić information content (AvgIpc) is 3.16. The molecule has 2 amide bonds. The molecule has 1 aliphatic rings. The number of phenolic OH excluding ortho intramolecular Hbond substituents is 1. The number of phenols is 1. The van der Waals surface area contributed by atoms with Crippen molar-refractivity contribution in [1.29, 1.82) is 0 Å². The van der Waals surface area contributed by atoms with E-state index in [-0.39, 0.29) is 17.6 Å². The number of amides is 2. The molecule has 3 rings (SSSR count). The number of benzene rings is 1. The first-order valence-electron chi connectivity index (χ1n) is 8.27. The van der Waals surface area contributed by atoms with Gasteiger partial charge in [-0.1, -0.05) is 0 Å². The highest BCUT2D eigenvalue weighted by atomic mass is 16.3. The summed E-state index contributed by atoms with van der Waals surface area (Å²) in [6.45, 7) is 2.70. The molecule has 1 aliphatic heterocycles. The zero-order chi connectivity index (χ0) is 17.8. The van der Waals surface area contributed by atoms with Crippen molar-refractivity contribution < 1.29 is 14.7 Å². The fraction of sp³-hybridized carbons (Fsp3) is 0.333. The van der Waals surface area contributed by atoms with Crippen LogP contribution in [0.1, 0.15) is 10.4 Å². The molecule has 0 saturated carbocycles. The predicted octanol–water partition coefficient (Wildman–Crippen LogP) is 0.687. The minimum Gasteiger partial charge on any atom is -0.507 e. The van der Waals surface area contributed by atoms with Gasteiger partial charge < -0.3 is 19.9 Å². The Balaban J connectivity index is 1.65. The molecule has 132 valence electrons. The first-order chi connectivity index (χ1) is 12.1. The zero-order valence-electron chi connectivity index (χ0n) is 14.2. The van der Waals surface area contributed by atoms with Crippen LogP contribution < -0.4 is 5.32 Å². The molecule has 1 aromatic carbocycles. The van der Waals surface area contributed by atoms with Crippen molar-refractivity contribution >= 4 is 11.8 Å². The summed E-state index contributed by atoms with van der Waals surface area (Å²) in [5.74, 6) is -0.238. The van der Waals surface area contributed by atoms with Crippen LogP contribution in [-0.2, 0) is 4.79 Å². The first-order valence-corrected chi connectivity index (χ1v) is 8.27. The lowest BCUT2D eigenvalue weighted by molar-refractivity contribution is -0.122. The zero-order valence-corrected chi connectivity index (χ0v) is 14.2. The van der Waals surface area contributed by atoms with Crippen molar-refractivity contribution in [3.63, 3.8) is 0 Å². The number of carbonyl (C=O) groups is 2.